The molecule has 208 valence electrons. The van der Waals surface area contributed by atoms with Crippen molar-refractivity contribution in [3.8, 4) is 0 Å². The fourth-order valence-corrected chi connectivity index (χ4v) is 5.43. The molecule has 1 amide bonds. The molecule has 4 rings (SSSR count). The van der Waals surface area contributed by atoms with Crippen LogP contribution in [0.1, 0.15) is 80.6 Å². The third kappa shape index (κ3) is 5.90. The fourth-order valence-electron chi connectivity index (χ4n) is 5.43. The molecule has 0 bridgehead atoms. The molecule has 2 aliphatic heterocycles. The van der Waals surface area contributed by atoms with Crippen LogP contribution in [0.4, 0.5) is 13.2 Å². The van der Waals surface area contributed by atoms with Crippen molar-refractivity contribution < 1.29 is 37.8 Å². The lowest BCUT2D eigenvalue weighted by Gasteiger charge is -2.52. The molecule has 0 aliphatic carbocycles. The number of hydrogen-bond donors (Lipinski definition) is 0. The molecular weight excluding hydrogens is 493 g/mol. The zero-order chi connectivity index (χ0) is 37.0. The zero-order valence-corrected chi connectivity index (χ0v) is 21.3. The Kier molecular flexibility index (Phi) is 5.14. The molecule has 0 saturated carbocycles. The lowest BCUT2D eigenvalue weighted by molar-refractivity contribution is -0.137. The van der Waals surface area contributed by atoms with Gasteiger partial charge in [-0.15, -0.1) is 0 Å². The Hall–Kier alpha value is -2.49. The van der Waals surface area contributed by atoms with Gasteiger partial charge < -0.3 is 9.64 Å². The van der Waals surface area contributed by atoms with E-state index in [1.807, 2.05) is 6.92 Å². The van der Waals surface area contributed by atoms with Crippen LogP contribution in [-0.2, 0) is 10.9 Å². The Bertz CT molecular complexity index is 1460. The van der Waals surface area contributed by atoms with E-state index in [0.717, 1.165) is 36.5 Å². The van der Waals surface area contributed by atoms with Crippen molar-refractivity contribution in [2.24, 2.45) is 0 Å². The van der Waals surface area contributed by atoms with E-state index >= 15 is 0 Å². The Morgan fingerprint density at radius 1 is 1.18 bits per heavy atom. The van der Waals surface area contributed by atoms with Gasteiger partial charge in [-0.3, -0.25) is 19.6 Å². The minimum absolute atomic E-state index is 0.115. The normalized spacial score (nSPS) is 27.6. The maximum Gasteiger partial charge on any atom is 0.416 e. The first-order chi connectivity index (χ1) is 22.2. The summed E-state index contributed by atoms with van der Waals surface area (Å²) in [6.07, 6.45) is -2.69. The maximum absolute atomic E-state index is 13.7. The maximum atomic E-state index is 13.7. The largest absolute Gasteiger partial charge is 0.416 e. The minimum Gasteiger partial charge on any atom is -0.383 e. The van der Waals surface area contributed by atoms with Crippen LogP contribution >= 0.6 is 0 Å². The van der Waals surface area contributed by atoms with E-state index in [1.165, 1.54) is 4.90 Å². The van der Waals surface area contributed by atoms with E-state index in [2.05, 4.69) is 9.88 Å². The molecule has 3 heterocycles. The summed E-state index contributed by atoms with van der Waals surface area (Å²) >= 11 is 0. The number of amides is 1. The van der Waals surface area contributed by atoms with Gasteiger partial charge in [-0.1, -0.05) is 12.1 Å². The van der Waals surface area contributed by atoms with E-state index in [1.54, 1.807) is 11.8 Å². The van der Waals surface area contributed by atoms with Gasteiger partial charge in [0.2, 0.25) is 0 Å². The molecule has 2 fully saturated rings. The molecule has 38 heavy (non-hydrogen) atoms. The number of aryl methyl sites for hydroxylation is 2. The Morgan fingerprint density at radius 2 is 1.92 bits per heavy atom. The quantitative estimate of drug-likeness (QED) is 0.507. The van der Waals surface area contributed by atoms with Gasteiger partial charge in [0.05, 0.1) is 36.3 Å². The number of piperidine rings is 1. The predicted molar refractivity (Wildman–Crippen MR) is 141 cm³/mol. The molecule has 2 atom stereocenters. The van der Waals surface area contributed by atoms with Crippen LogP contribution in [0.15, 0.2) is 36.5 Å². The summed E-state index contributed by atoms with van der Waals surface area (Å²) in [7, 11) is -3.12. The van der Waals surface area contributed by atoms with Gasteiger partial charge in [-0.05, 0) is 69.7 Å². The SMILES string of the molecule is [2H]C([2H])([2H])OC([2H])([2H])[C@@H](c1ccc(C(F)(F)F)cc1)N1CCN(C2(C)CCN(C(=O)c3c(C([2H])([2H])[2H])ccnc3C([2H])([2H])[2H])CC2)C[C@@H]1C. The number of alkyl halides is 3. The van der Waals surface area contributed by atoms with E-state index in [0.29, 0.717) is 25.9 Å². The number of methoxy groups -OCH3 is 1. The van der Waals surface area contributed by atoms with Crippen molar-refractivity contribution in [3.05, 3.63) is 64.5 Å². The number of benzene rings is 1. The number of piperazine rings is 1. The zero-order valence-electron chi connectivity index (χ0n) is 32.3. The van der Waals surface area contributed by atoms with Gasteiger partial charge in [-0.25, -0.2) is 0 Å². The van der Waals surface area contributed by atoms with E-state index in [9.17, 15) is 18.0 Å². The highest BCUT2D eigenvalue weighted by atomic mass is 19.4. The summed E-state index contributed by atoms with van der Waals surface area (Å²) in [6, 6.07) is 3.23. The van der Waals surface area contributed by atoms with Gasteiger partial charge in [0.15, 0.2) is 0 Å². The number of likely N-dealkylation sites (tertiary alicyclic amines) is 1. The van der Waals surface area contributed by atoms with Gasteiger partial charge in [0, 0.05) is 65.8 Å². The lowest BCUT2D eigenvalue weighted by atomic mass is 9.86. The molecule has 2 saturated heterocycles. The van der Waals surface area contributed by atoms with Crippen LogP contribution in [-0.4, -0.2) is 83.5 Å². The summed E-state index contributed by atoms with van der Waals surface area (Å²) in [6.45, 7) is -3.31. The molecule has 0 unspecified atom stereocenters. The average molecular weight is 544 g/mol. The summed E-state index contributed by atoms with van der Waals surface area (Å²) in [5.41, 5.74) is -2.71. The first-order valence-corrected chi connectivity index (χ1v) is 12.4. The molecule has 2 aliphatic rings. The van der Waals surface area contributed by atoms with Crippen molar-refractivity contribution in [3.63, 3.8) is 0 Å². The van der Waals surface area contributed by atoms with Crippen molar-refractivity contribution in [2.45, 2.75) is 64.2 Å². The number of pyridine rings is 1. The number of hydrogen-bond acceptors (Lipinski definition) is 5. The molecule has 6 nitrogen and oxygen atoms in total. The number of halogens is 3. The van der Waals surface area contributed by atoms with Crippen LogP contribution in [0, 0.1) is 13.7 Å². The number of carbonyl (C=O) groups is 1. The first-order valence-electron chi connectivity index (χ1n) is 17.9. The van der Waals surface area contributed by atoms with Gasteiger partial charge >= 0.3 is 6.18 Å². The molecule has 0 N–H and O–H groups in total. The van der Waals surface area contributed by atoms with Crippen LogP contribution in [0.2, 0.25) is 0 Å². The second kappa shape index (κ2) is 11.3. The molecule has 1 aromatic carbocycles. The monoisotopic (exact) mass is 543 g/mol. The van der Waals surface area contributed by atoms with Crippen LogP contribution in [0.3, 0.4) is 0 Å². The molecule has 0 radical (unpaired) electrons. The van der Waals surface area contributed by atoms with Gasteiger partial charge in [0.1, 0.15) is 0 Å². The topological polar surface area (TPSA) is 48.9 Å². The van der Waals surface area contributed by atoms with E-state index in [4.69, 9.17) is 19.8 Å². The molecule has 9 heteroatoms. The number of rotatable bonds is 6. The number of carbonyl (C=O) groups excluding carboxylic acids is 1. The minimum atomic E-state index is -4.62. The smallest absolute Gasteiger partial charge is 0.383 e. The summed E-state index contributed by atoms with van der Waals surface area (Å²) in [4.78, 5) is 22.8. The highest BCUT2D eigenvalue weighted by molar-refractivity contribution is 5.96. The summed E-state index contributed by atoms with van der Waals surface area (Å²) in [5.74, 6) is -0.735. The first kappa shape index (κ1) is 17.3. The van der Waals surface area contributed by atoms with Crippen LogP contribution in [0.25, 0.3) is 0 Å². The second-order valence-electron chi connectivity index (χ2n) is 10.1. The van der Waals surface area contributed by atoms with Gasteiger partial charge in [-0.2, -0.15) is 13.2 Å². The van der Waals surface area contributed by atoms with Crippen molar-refractivity contribution in [2.75, 3.05) is 46.3 Å². The summed E-state index contributed by atoms with van der Waals surface area (Å²) in [5, 5.41) is 0. The Morgan fingerprint density at radius 3 is 2.53 bits per heavy atom. The lowest BCUT2D eigenvalue weighted by Crippen LogP contribution is -2.62. The van der Waals surface area contributed by atoms with Crippen molar-refractivity contribution >= 4 is 5.91 Å². The number of aromatic nitrogens is 1. The third-order valence-corrected chi connectivity index (χ3v) is 7.79. The second-order valence-corrected chi connectivity index (χ2v) is 10.1. The molecule has 2 aromatic rings. The van der Waals surface area contributed by atoms with E-state index < -0.39 is 73.8 Å². The predicted octanol–water partition coefficient (Wildman–Crippen LogP) is 5.11. The van der Waals surface area contributed by atoms with E-state index in [-0.39, 0.29) is 30.8 Å². The average Bonchev–Trinajstić information content (AvgIpc) is 2.95. The fraction of sp³-hybridized carbons (Fsp3) is 0.586. The van der Waals surface area contributed by atoms with Gasteiger partial charge in [0.25, 0.3) is 5.91 Å². The number of nitrogens with zero attached hydrogens (tertiary/aromatic N) is 4. The Labute approximate surface area is 239 Å². The Balaban J connectivity index is 1.54. The highest BCUT2D eigenvalue weighted by Gasteiger charge is 2.41. The highest BCUT2D eigenvalue weighted by Crippen LogP contribution is 2.35. The number of ether oxygens (including phenoxy) is 1. The third-order valence-electron chi connectivity index (χ3n) is 7.79. The molecule has 0 spiro atoms. The van der Waals surface area contributed by atoms with Crippen LogP contribution < -0.4 is 0 Å². The molecule has 1 aromatic heterocycles. The van der Waals surface area contributed by atoms with Crippen molar-refractivity contribution in [1.82, 2.24) is 19.7 Å². The standard InChI is InChI=1S/C29H39F3N4O2/c1-20-10-13-33-22(3)26(20)27(37)34-14-11-28(4,12-15-34)35-16-17-36(21(2)18-35)25(19-38-5)23-6-8-24(9-7-23)29(30,31)32/h6-10,13,21,25H,11-12,14-19H2,1-5H3/t21-,25-/m0/s1/i1D3,3D3,5D3,19D2. The molecular formula is C29H39F3N4O2. The van der Waals surface area contributed by atoms with Crippen LogP contribution in [0.5, 0.6) is 0 Å². The summed E-state index contributed by atoms with van der Waals surface area (Å²) < 4.78 is 132. The van der Waals surface area contributed by atoms with Crippen molar-refractivity contribution in [1.29, 1.82) is 0 Å².